The van der Waals surface area contributed by atoms with Crippen molar-refractivity contribution in [3.8, 4) is 6.07 Å². The summed E-state index contributed by atoms with van der Waals surface area (Å²) in [5.41, 5.74) is 0.438. The van der Waals surface area contributed by atoms with Crippen molar-refractivity contribution >= 4 is 12.6 Å². The molecule has 5 nitrogen and oxygen atoms in total. The van der Waals surface area contributed by atoms with Crippen LogP contribution in [-0.4, -0.2) is 34.6 Å². The fraction of sp³-hybridized carbons (Fsp3) is 0.562. The number of hydrogen-bond donors (Lipinski definition) is 2. The minimum Gasteiger partial charge on any atom is -0.399 e. The van der Waals surface area contributed by atoms with Gasteiger partial charge in [0.25, 0.3) is 0 Å². The first-order valence-corrected chi connectivity index (χ1v) is 7.36. The number of benzene rings is 1. The molecule has 1 saturated heterocycles. The zero-order valence-corrected chi connectivity index (χ0v) is 13.4. The number of nitriles is 1. The molecular weight excluding hydrogens is 281 g/mol. The van der Waals surface area contributed by atoms with Crippen LogP contribution in [0.15, 0.2) is 24.3 Å². The third kappa shape index (κ3) is 3.18. The molecule has 0 bridgehead atoms. The summed E-state index contributed by atoms with van der Waals surface area (Å²) >= 11 is 0. The van der Waals surface area contributed by atoms with Crippen molar-refractivity contribution in [3.63, 3.8) is 0 Å². The zero-order valence-electron chi connectivity index (χ0n) is 13.4. The van der Waals surface area contributed by atoms with Crippen LogP contribution in [0, 0.1) is 11.3 Å². The van der Waals surface area contributed by atoms with Crippen LogP contribution in [-0.2, 0) is 9.31 Å². The monoisotopic (exact) mass is 303 g/mol. The van der Waals surface area contributed by atoms with Gasteiger partial charge in [-0.2, -0.15) is 5.26 Å². The summed E-state index contributed by atoms with van der Waals surface area (Å²) in [5.74, 6) is 0. The van der Waals surface area contributed by atoms with E-state index in [1.165, 1.54) is 0 Å². The summed E-state index contributed by atoms with van der Waals surface area (Å²) in [6.45, 7) is 7.90. The predicted molar refractivity (Wildman–Crippen MR) is 83.4 cm³/mol. The highest BCUT2D eigenvalue weighted by Crippen LogP contribution is 2.36. The summed E-state index contributed by atoms with van der Waals surface area (Å²) in [6, 6.07) is 8.93. The Labute approximate surface area is 131 Å². The third-order valence-electron chi connectivity index (χ3n) is 4.44. The van der Waals surface area contributed by atoms with Gasteiger partial charge in [0, 0.05) is 0 Å². The van der Waals surface area contributed by atoms with Crippen LogP contribution >= 0.6 is 0 Å². The Morgan fingerprint density at radius 3 is 2.32 bits per heavy atom. The molecule has 2 N–H and O–H groups in total. The maximum atomic E-state index is 10.1. The average Bonchev–Trinajstić information content (AvgIpc) is 2.67. The van der Waals surface area contributed by atoms with Crippen LogP contribution < -0.4 is 5.46 Å². The van der Waals surface area contributed by atoms with Gasteiger partial charge in [0.05, 0.1) is 29.8 Å². The summed E-state index contributed by atoms with van der Waals surface area (Å²) in [7, 11) is -0.523. The van der Waals surface area contributed by atoms with Crippen LogP contribution in [0.5, 0.6) is 0 Å². The molecule has 2 atom stereocenters. The van der Waals surface area contributed by atoms with Crippen LogP contribution in [0.3, 0.4) is 0 Å². The lowest BCUT2D eigenvalue weighted by molar-refractivity contribution is 0.00578. The van der Waals surface area contributed by atoms with Crippen molar-refractivity contribution in [2.24, 2.45) is 0 Å². The number of rotatable bonds is 4. The van der Waals surface area contributed by atoms with E-state index in [0.29, 0.717) is 5.56 Å². The van der Waals surface area contributed by atoms with E-state index < -0.39 is 30.5 Å². The van der Waals surface area contributed by atoms with Gasteiger partial charge < -0.3 is 19.5 Å². The summed E-state index contributed by atoms with van der Waals surface area (Å²) < 4.78 is 11.9. The first kappa shape index (κ1) is 17.0. The van der Waals surface area contributed by atoms with Crippen molar-refractivity contribution in [2.45, 2.75) is 57.5 Å². The summed E-state index contributed by atoms with van der Waals surface area (Å²) in [6.07, 6.45) is -2.34. The van der Waals surface area contributed by atoms with Crippen LogP contribution in [0.4, 0.5) is 0 Å². The normalized spacial score (nSPS) is 22.1. The van der Waals surface area contributed by atoms with Gasteiger partial charge in [-0.05, 0) is 38.7 Å². The Balaban J connectivity index is 2.22. The molecule has 22 heavy (non-hydrogen) atoms. The molecule has 1 fully saturated rings. The second-order valence-corrected chi connectivity index (χ2v) is 6.63. The van der Waals surface area contributed by atoms with Crippen molar-refractivity contribution < 1.29 is 19.5 Å². The van der Waals surface area contributed by atoms with Crippen molar-refractivity contribution in [1.29, 1.82) is 5.26 Å². The van der Waals surface area contributed by atoms with Gasteiger partial charge in [-0.25, -0.2) is 0 Å². The van der Waals surface area contributed by atoms with Gasteiger partial charge in [-0.15, -0.1) is 0 Å². The van der Waals surface area contributed by atoms with E-state index in [0.717, 1.165) is 5.46 Å². The van der Waals surface area contributed by atoms with E-state index in [-0.39, 0.29) is 6.42 Å². The van der Waals surface area contributed by atoms with Crippen molar-refractivity contribution in [3.05, 3.63) is 29.8 Å². The van der Waals surface area contributed by atoms with Crippen LogP contribution in [0.1, 0.15) is 45.8 Å². The largest absolute Gasteiger partial charge is 0.494 e. The molecule has 0 spiro atoms. The van der Waals surface area contributed by atoms with Gasteiger partial charge in [-0.3, -0.25) is 0 Å². The second kappa shape index (κ2) is 6.02. The van der Waals surface area contributed by atoms with E-state index in [4.69, 9.17) is 14.6 Å². The van der Waals surface area contributed by atoms with Gasteiger partial charge in [0.1, 0.15) is 6.10 Å². The smallest absolute Gasteiger partial charge is 0.399 e. The maximum absolute atomic E-state index is 10.1. The molecule has 0 amide bonds. The molecule has 2 unspecified atom stereocenters. The standard InChI is InChI=1S/C16H22BNO4/c1-15(2)16(3,4)22-17(21-15)12-7-5-6-11(10-12)14(20)13(19)8-9-18/h5-7,10,13-14,19-20H,8H2,1-4H3. The highest BCUT2D eigenvalue weighted by molar-refractivity contribution is 6.62. The molecular formula is C16H22BNO4. The van der Waals surface area contributed by atoms with E-state index in [2.05, 4.69) is 0 Å². The molecule has 1 aliphatic rings. The summed E-state index contributed by atoms with van der Waals surface area (Å²) in [4.78, 5) is 0. The quantitative estimate of drug-likeness (QED) is 0.819. The van der Waals surface area contributed by atoms with E-state index >= 15 is 0 Å². The van der Waals surface area contributed by atoms with Crippen molar-refractivity contribution in [1.82, 2.24) is 0 Å². The average molecular weight is 303 g/mol. The number of aliphatic hydroxyl groups is 2. The minimum atomic E-state index is -1.11. The lowest BCUT2D eigenvalue weighted by atomic mass is 9.78. The Morgan fingerprint density at radius 2 is 1.77 bits per heavy atom. The van der Waals surface area contributed by atoms with Gasteiger partial charge >= 0.3 is 7.12 Å². The second-order valence-electron chi connectivity index (χ2n) is 6.63. The first-order valence-electron chi connectivity index (χ1n) is 7.36. The Hall–Kier alpha value is -1.39. The molecule has 0 aromatic heterocycles. The molecule has 0 radical (unpaired) electrons. The number of aliphatic hydroxyl groups excluding tert-OH is 2. The molecule has 1 aromatic carbocycles. The highest BCUT2D eigenvalue weighted by atomic mass is 16.7. The molecule has 1 aromatic rings. The molecule has 1 heterocycles. The molecule has 0 aliphatic carbocycles. The third-order valence-corrected chi connectivity index (χ3v) is 4.44. The molecule has 118 valence electrons. The Bertz CT molecular complexity index is 566. The highest BCUT2D eigenvalue weighted by Gasteiger charge is 2.51. The zero-order chi connectivity index (χ0) is 16.5. The predicted octanol–water partition coefficient (Wildman–Crippen LogP) is 1.29. The van der Waals surface area contributed by atoms with E-state index in [1.54, 1.807) is 18.2 Å². The molecule has 1 aliphatic heterocycles. The Kier molecular flexibility index (Phi) is 4.64. The SMILES string of the molecule is CC1(C)OB(c2cccc(C(O)C(O)CC#N)c2)OC1(C)C. The first-order chi connectivity index (χ1) is 10.2. The van der Waals surface area contributed by atoms with Crippen LogP contribution in [0.2, 0.25) is 0 Å². The molecule has 6 heteroatoms. The fourth-order valence-corrected chi connectivity index (χ4v) is 2.30. The lowest BCUT2D eigenvalue weighted by Crippen LogP contribution is -2.41. The maximum Gasteiger partial charge on any atom is 0.494 e. The van der Waals surface area contributed by atoms with Gasteiger partial charge in [0.2, 0.25) is 0 Å². The molecule has 0 saturated carbocycles. The fourth-order valence-electron chi connectivity index (χ4n) is 2.30. The molecule has 2 rings (SSSR count). The van der Waals surface area contributed by atoms with E-state index in [9.17, 15) is 10.2 Å². The van der Waals surface area contributed by atoms with Crippen LogP contribution in [0.25, 0.3) is 0 Å². The topological polar surface area (TPSA) is 82.7 Å². The number of nitrogens with zero attached hydrogens (tertiary/aromatic N) is 1. The van der Waals surface area contributed by atoms with Gasteiger partial charge in [0.15, 0.2) is 0 Å². The van der Waals surface area contributed by atoms with Crippen molar-refractivity contribution in [2.75, 3.05) is 0 Å². The summed E-state index contributed by atoms with van der Waals surface area (Å²) in [5, 5.41) is 28.5. The lowest BCUT2D eigenvalue weighted by Gasteiger charge is -2.32. The minimum absolute atomic E-state index is 0.123. The Morgan fingerprint density at radius 1 is 1.18 bits per heavy atom. The van der Waals surface area contributed by atoms with Gasteiger partial charge in [-0.1, -0.05) is 24.3 Å². The number of hydrogen-bond acceptors (Lipinski definition) is 5. The van der Waals surface area contributed by atoms with E-state index in [1.807, 2.05) is 39.8 Å².